The van der Waals surface area contributed by atoms with Gasteiger partial charge in [0, 0.05) is 6.42 Å². The summed E-state index contributed by atoms with van der Waals surface area (Å²) in [4.78, 5) is 11.6. The Balaban J connectivity index is 1.61. The molecule has 4 aliphatic carbocycles. The van der Waals surface area contributed by atoms with E-state index >= 15 is 0 Å². The zero-order chi connectivity index (χ0) is 13.9. The molecule has 0 radical (unpaired) electrons. The van der Waals surface area contributed by atoms with Gasteiger partial charge in [0.15, 0.2) is 5.78 Å². The number of rotatable bonds is 0. The first-order valence-electron chi connectivity index (χ1n) is 8.49. The van der Waals surface area contributed by atoms with Crippen molar-refractivity contribution in [2.24, 2.45) is 29.1 Å². The highest BCUT2D eigenvalue weighted by molar-refractivity contribution is 5.91. The van der Waals surface area contributed by atoms with Gasteiger partial charge >= 0.3 is 0 Å². The fraction of sp³-hybridized carbons (Fsp3) is 0.833. The van der Waals surface area contributed by atoms with Crippen LogP contribution in [-0.2, 0) is 4.79 Å². The molecule has 6 atom stereocenters. The lowest BCUT2D eigenvalue weighted by Crippen LogP contribution is -2.46. The zero-order valence-corrected chi connectivity index (χ0v) is 12.5. The molecule has 0 bridgehead atoms. The molecule has 0 amide bonds. The Morgan fingerprint density at radius 2 is 2.05 bits per heavy atom. The third-order valence-corrected chi connectivity index (χ3v) is 7.19. The Bertz CT molecular complexity index is 466. The van der Waals surface area contributed by atoms with E-state index in [4.69, 9.17) is 0 Å². The van der Waals surface area contributed by atoms with E-state index in [0.717, 1.165) is 43.4 Å². The molecule has 0 aromatic carbocycles. The van der Waals surface area contributed by atoms with Crippen LogP contribution in [0.15, 0.2) is 11.6 Å². The number of ketones is 1. The molecule has 0 unspecified atom stereocenters. The highest BCUT2D eigenvalue weighted by Gasteiger charge is 2.54. The number of hydrogen-bond acceptors (Lipinski definition) is 2. The van der Waals surface area contributed by atoms with Gasteiger partial charge in [0.05, 0.1) is 6.10 Å². The van der Waals surface area contributed by atoms with Gasteiger partial charge in [-0.2, -0.15) is 0 Å². The summed E-state index contributed by atoms with van der Waals surface area (Å²) in [5, 5.41) is 10.4. The molecule has 0 spiro atoms. The molecule has 3 fully saturated rings. The van der Waals surface area contributed by atoms with Crippen molar-refractivity contribution in [2.75, 3.05) is 0 Å². The predicted molar refractivity (Wildman–Crippen MR) is 78.1 cm³/mol. The molecule has 20 heavy (non-hydrogen) atoms. The maximum absolute atomic E-state index is 11.6. The molecule has 110 valence electrons. The maximum Gasteiger partial charge on any atom is 0.155 e. The minimum absolute atomic E-state index is 0.0710. The van der Waals surface area contributed by atoms with Crippen LogP contribution in [0.1, 0.15) is 58.3 Å². The minimum atomic E-state index is -0.0710. The fourth-order valence-electron chi connectivity index (χ4n) is 5.99. The fourth-order valence-corrected chi connectivity index (χ4v) is 5.99. The van der Waals surface area contributed by atoms with Gasteiger partial charge in [-0.3, -0.25) is 4.79 Å². The average Bonchev–Trinajstić information content (AvgIpc) is 2.71. The predicted octanol–water partition coefficient (Wildman–Crippen LogP) is 3.49. The zero-order valence-electron chi connectivity index (χ0n) is 12.5. The van der Waals surface area contributed by atoms with Crippen LogP contribution < -0.4 is 0 Å². The van der Waals surface area contributed by atoms with Gasteiger partial charge in [-0.05, 0) is 80.1 Å². The van der Waals surface area contributed by atoms with Crippen LogP contribution in [0.3, 0.4) is 0 Å². The van der Waals surface area contributed by atoms with Crippen LogP contribution in [0.2, 0.25) is 0 Å². The number of hydrogen-bond donors (Lipinski definition) is 1. The van der Waals surface area contributed by atoms with Crippen LogP contribution in [0.25, 0.3) is 0 Å². The van der Waals surface area contributed by atoms with Crippen LogP contribution >= 0.6 is 0 Å². The molecule has 2 nitrogen and oxygen atoms in total. The van der Waals surface area contributed by atoms with Crippen molar-refractivity contribution in [3.05, 3.63) is 11.6 Å². The normalized spacial score (nSPS) is 51.0. The Labute approximate surface area is 121 Å². The van der Waals surface area contributed by atoms with Gasteiger partial charge in [0.2, 0.25) is 0 Å². The summed E-state index contributed by atoms with van der Waals surface area (Å²) in [6.07, 6.45) is 10.9. The van der Waals surface area contributed by atoms with Gasteiger partial charge in [-0.25, -0.2) is 0 Å². The number of aliphatic hydroxyl groups excluding tert-OH is 1. The smallest absolute Gasteiger partial charge is 0.155 e. The molecular weight excluding hydrogens is 248 g/mol. The standard InChI is InChI=1S/C18H26O2/c1-18-10-12-3-2-11-8-14(19)5-6-15(11)16(12)9-13(18)4-7-17(18)20/h8,12-13,15-17,20H,2-7,9-10H2,1H3/t12-,13-,15+,16+,17-,18-/m0/s1. The quantitative estimate of drug-likeness (QED) is 0.734. The van der Waals surface area contributed by atoms with Gasteiger partial charge < -0.3 is 5.11 Å². The lowest BCUT2D eigenvalue weighted by Gasteiger charge is -2.52. The molecule has 1 N–H and O–H groups in total. The molecule has 4 rings (SSSR count). The summed E-state index contributed by atoms with van der Waals surface area (Å²) in [7, 11) is 0. The highest BCUT2D eigenvalue weighted by Crippen LogP contribution is 2.60. The molecule has 0 heterocycles. The number of aliphatic hydroxyl groups is 1. The summed E-state index contributed by atoms with van der Waals surface area (Å²) in [6, 6.07) is 0. The summed E-state index contributed by atoms with van der Waals surface area (Å²) in [5.74, 6) is 3.35. The molecular formula is C18H26O2. The Hall–Kier alpha value is -0.630. The van der Waals surface area contributed by atoms with E-state index in [2.05, 4.69) is 6.92 Å². The van der Waals surface area contributed by atoms with E-state index in [1.165, 1.54) is 31.3 Å². The second-order valence-corrected chi connectivity index (χ2v) is 8.03. The first-order chi connectivity index (χ1) is 9.58. The van der Waals surface area contributed by atoms with Crippen molar-refractivity contribution < 1.29 is 9.90 Å². The van der Waals surface area contributed by atoms with Gasteiger partial charge in [-0.1, -0.05) is 12.5 Å². The number of allylic oxidation sites excluding steroid dienone is 2. The van der Waals surface area contributed by atoms with Crippen molar-refractivity contribution in [2.45, 2.75) is 64.4 Å². The topological polar surface area (TPSA) is 37.3 Å². The van der Waals surface area contributed by atoms with Crippen molar-refractivity contribution in [1.29, 1.82) is 0 Å². The second-order valence-electron chi connectivity index (χ2n) is 8.03. The first-order valence-corrected chi connectivity index (χ1v) is 8.49. The van der Waals surface area contributed by atoms with E-state index in [1.807, 2.05) is 6.08 Å². The van der Waals surface area contributed by atoms with Gasteiger partial charge in [-0.15, -0.1) is 0 Å². The monoisotopic (exact) mass is 274 g/mol. The van der Waals surface area contributed by atoms with Crippen molar-refractivity contribution in [3.8, 4) is 0 Å². The van der Waals surface area contributed by atoms with Crippen molar-refractivity contribution >= 4 is 5.78 Å². The molecule has 0 aliphatic heterocycles. The summed E-state index contributed by atoms with van der Waals surface area (Å²) in [5.41, 5.74) is 1.65. The van der Waals surface area contributed by atoms with E-state index in [-0.39, 0.29) is 11.5 Å². The number of fused-ring (bicyclic) bond motifs is 4. The van der Waals surface area contributed by atoms with E-state index in [9.17, 15) is 9.90 Å². The largest absolute Gasteiger partial charge is 0.393 e. The van der Waals surface area contributed by atoms with Crippen LogP contribution in [0.5, 0.6) is 0 Å². The minimum Gasteiger partial charge on any atom is -0.393 e. The molecule has 3 saturated carbocycles. The van der Waals surface area contributed by atoms with Crippen LogP contribution in [-0.4, -0.2) is 17.0 Å². The van der Waals surface area contributed by atoms with Crippen LogP contribution in [0, 0.1) is 29.1 Å². The lowest BCUT2D eigenvalue weighted by molar-refractivity contribution is -0.116. The molecule has 2 heteroatoms. The number of carbonyl (C=O) groups excluding carboxylic acids is 1. The maximum atomic E-state index is 11.6. The van der Waals surface area contributed by atoms with Gasteiger partial charge in [0.25, 0.3) is 0 Å². The molecule has 0 aromatic rings. The third kappa shape index (κ3) is 1.76. The SMILES string of the molecule is C[C@]12C[C@@H]3CCC4=CC(=O)CC[C@H]4[C@@H]3C[C@@H]1CC[C@@H]2O. The summed E-state index contributed by atoms with van der Waals surface area (Å²) in [6.45, 7) is 2.33. The summed E-state index contributed by atoms with van der Waals surface area (Å²) < 4.78 is 0. The Kier molecular flexibility index (Phi) is 2.89. The summed E-state index contributed by atoms with van der Waals surface area (Å²) >= 11 is 0. The van der Waals surface area contributed by atoms with E-state index in [1.54, 1.807) is 0 Å². The first kappa shape index (κ1) is 13.1. The Morgan fingerprint density at radius 3 is 2.90 bits per heavy atom. The van der Waals surface area contributed by atoms with Crippen molar-refractivity contribution in [3.63, 3.8) is 0 Å². The van der Waals surface area contributed by atoms with E-state index < -0.39 is 0 Å². The Morgan fingerprint density at radius 1 is 1.20 bits per heavy atom. The highest BCUT2D eigenvalue weighted by atomic mass is 16.3. The molecule has 0 saturated heterocycles. The molecule has 0 aromatic heterocycles. The average molecular weight is 274 g/mol. The van der Waals surface area contributed by atoms with Gasteiger partial charge in [0.1, 0.15) is 0 Å². The van der Waals surface area contributed by atoms with Crippen LogP contribution in [0.4, 0.5) is 0 Å². The van der Waals surface area contributed by atoms with E-state index in [0.29, 0.717) is 11.7 Å². The number of carbonyl (C=O) groups is 1. The second kappa shape index (κ2) is 4.43. The third-order valence-electron chi connectivity index (χ3n) is 7.19. The molecule has 4 aliphatic rings. The lowest BCUT2D eigenvalue weighted by atomic mass is 9.53. The van der Waals surface area contributed by atoms with Crippen molar-refractivity contribution in [1.82, 2.24) is 0 Å².